The van der Waals surface area contributed by atoms with E-state index in [-0.39, 0.29) is 11.4 Å². The minimum atomic E-state index is -0.551. The molecule has 1 aromatic carbocycles. The molecular formula is C11H16N2O4. The minimum Gasteiger partial charge on any atom is -0.504 e. The van der Waals surface area contributed by atoms with Crippen LogP contribution >= 0.6 is 0 Å². The van der Waals surface area contributed by atoms with E-state index in [4.69, 9.17) is 0 Å². The van der Waals surface area contributed by atoms with E-state index >= 15 is 0 Å². The van der Waals surface area contributed by atoms with E-state index in [1.165, 1.54) is 6.07 Å². The van der Waals surface area contributed by atoms with Crippen LogP contribution in [0.1, 0.15) is 12.0 Å². The smallest absolute Gasteiger partial charge is 0.276 e. The first-order valence-electron chi connectivity index (χ1n) is 5.25. The predicted molar refractivity (Wildman–Crippen MR) is 63.3 cm³/mol. The third-order valence-corrected chi connectivity index (χ3v) is 2.42. The highest BCUT2D eigenvalue weighted by molar-refractivity contribution is 5.52. The van der Waals surface area contributed by atoms with Crippen LogP contribution in [0.3, 0.4) is 0 Å². The van der Waals surface area contributed by atoms with Crippen molar-refractivity contribution in [3.63, 3.8) is 0 Å². The molecule has 0 saturated carbocycles. The lowest BCUT2D eigenvalue weighted by molar-refractivity contribution is -0.385. The van der Waals surface area contributed by atoms with E-state index < -0.39 is 10.7 Å². The Kier molecular flexibility index (Phi) is 4.28. The number of benzene rings is 1. The first-order valence-corrected chi connectivity index (χ1v) is 5.25. The second-order valence-corrected chi connectivity index (χ2v) is 4.13. The molecule has 0 bridgehead atoms. The summed E-state index contributed by atoms with van der Waals surface area (Å²) in [7, 11) is 3.84. The zero-order chi connectivity index (χ0) is 13.0. The second-order valence-electron chi connectivity index (χ2n) is 4.13. The summed E-state index contributed by atoms with van der Waals surface area (Å²) < 4.78 is 0. The van der Waals surface area contributed by atoms with Crippen molar-refractivity contribution < 1.29 is 15.1 Å². The Bertz CT molecular complexity index is 418. The van der Waals surface area contributed by atoms with Crippen LogP contribution in [0.15, 0.2) is 12.1 Å². The van der Waals surface area contributed by atoms with Crippen molar-refractivity contribution >= 4 is 5.69 Å². The van der Waals surface area contributed by atoms with Crippen LogP contribution in [0.25, 0.3) is 0 Å². The minimum absolute atomic E-state index is 0.154. The molecule has 94 valence electrons. The number of aromatic hydroxyl groups is 2. The molecule has 0 unspecified atom stereocenters. The van der Waals surface area contributed by atoms with Gasteiger partial charge in [-0.05, 0) is 39.5 Å². The highest BCUT2D eigenvalue weighted by Gasteiger charge is 2.17. The van der Waals surface area contributed by atoms with Crippen molar-refractivity contribution in [3.05, 3.63) is 27.8 Å². The van der Waals surface area contributed by atoms with Crippen molar-refractivity contribution in [2.24, 2.45) is 0 Å². The molecule has 1 aromatic rings. The lowest BCUT2D eigenvalue weighted by atomic mass is 10.1. The van der Waals surface area contributed by atoms with Crippen molar-refractivity contribution in [1.82, 2.24) is 4.90 Å². The van der Waals surface area contributed by atoms with E-state index in [0.717, 1.165) is 19.0 Å². The molecule has 0 atom stereocenters. The largest absolute Gasteiger partial charge is 0.504 e. The van der Waals surface area contributed by atoms with Gasteiger partial charge in [-0.15, -0.1) is 0 Å². The van der Waals surface area contributed by atoms with Gasteiger partial charge in [0.15, 0.2) is 11.5 Å². The molecule has 0 saturated heterocycles. The van der Waals surface area contributed by atoms with Crippen molar-refractivity contribution in [1.29, 1.82) is 0 Å². The fourth-order valence-electron chi connectivity index (χ4n) is 1.56. The molecule has 0 aliphatic carbocycles. The Hall–Kier alpha value is -1.82. The van der Waals surface area contributed by atoms with E-state index in [2.05, 4.69) is 0 Å². The van der Waals surface area contributed by atoms with Gasteiger partial charge in [0, 0.05) is 5.56 Å². The van der Waals surface area contributed by atoms with Gasteiger partial charge in [-0.2, -0.15) is 0 Å². The number of nitro benzene ring substituents is 1. The van der Waals surface area contributed by atoms with E-state index in [1.807, 2.05) is 19.0 Å². The average molecular weight is 240 g/mol. The molecule has 2 N–H and O–H groups in total. The summed E-state index contributed by atoms with van der Waals surface area (Å²) >= 11 is 0. The van der Waals surface area contributed by atoms with E-state index in [0.29, 0.717) is 12.0 Å². The Morgan fingerprint density at radius 3 is 2.41 bits per heavy atom. The summed E-state index contributed by atoms with van der Waals surface area (Å²) in [5.74, 6) is -0.788. The van der Waals surface area contributed by atoms with E-state index in [1.54, 1.807) is 0 Å². The van der Waals surface area contributed by atoms with Gasteiger partial charge >= 0.3 is 0 Å². The third-order valence-electron chi connectivity index (χ3n) is 2.42. The van der Waals surface area contributed by atoms with Crippen LogP contribution in [-0.4, -0.2) is 40.7 Å². The molecule has 0 fully saturated rings. The summed E-state index contributed by atoms with van der Waals surface area (Å²) in [5, 5.41) is 29.3. The van der Waals surface area contributed by atoms with Crippen LogP contribution in [0.2, 0.25) is 0 Å². The highest BCUT2D eigenvalue weighted by atomic mass is 16.6. The number of nitrogens with zero attached hydrogens (tertiary/aromatic N) is 2. The third kappa shape index (κ3) is 3.60. The number of phenolic OH excluding ortho intramolecular Hbond substituents is 2. The Morgan fingerprint density at radius 1 is 1.29 bits per heavy atom. The maximum Gasteiger partial charge on any atom is 0.276 e. The highest BCUT2D eigenvalue weighted by Crippen LogP contribution is 2.33. The molecule has 6 nitrogen and oxygen atoms in total. The summed E-state index contributed by atoms with van der Waals surface area (Å²) in [6, 6.07) is 2.24. The molecule has 6 heteroatoms. The van der Waals surface area contributed by atoms with Crippen LogP contribution in [0.4, 0.5) is 5.69 Å². The fourth-order valence-corrected chi connectivity index (χ4v) is 1.56. The van der Waals surface area contributed by atoms with Gasteiger partial charge in [0.2, 0.25) is 0 Å². The molecule has 0 heterocycles. The maximum atomic E-state index is 10.8. The topological polar surface area (TPSA) is 86.8 Å². The fraction of sp³-hybridized carbons (Fsp3) is 0.455. The lowest BCUT2D eigenvalue weighted by Crippen LogP contribution is -2.13. The first kappa shape index (κ1) is 13.2. The molecule has 0 aliphatic rings. The van der Waals surface area contributed by atoms with Gasteiger partial charge in [-0.3, -0.25) is 10.1 Å². The summed E-state index contributed by atoms with van der Waals surface area (Å²) in [6.07, 6.45) is 1.24. The first-order chi connectivity index (χ1) is 7.91. The van der Waals surface area contributed by atoms with Crippen molar-refractivity contribution in [2.45, 2.75) is 12.8 Å². The SMILES string of the molecule is CN(C)CCCc1cc(O)c(O)cc1[N+](=O)[O-]. The number of phenols is 2. The normalized spacial score (nSPS) is 10.8. The molecule has 0 radical (unpaired) electrons. The Balaban J connectivity index is 2.89. The summed E-state index contributed by atoms with van der Waals surface area (Å²) in [5.41, 5.74) is 0.284. The predicted octanol–water partition coefficient (Wildman–Crippen LogP) is 1.50. The van der Waals surface area contributed by atoms with Crippen molar-refractivity contribution in [2.75, 3.05) is 20.6 Å². The molecule has 17 heavy (non-hydrogen) atoms. The average Bonchev–Trinajstić information content (AvgIpc) is 2.22. The molecular weight excluding hydrogens is 224 g/mol. The van der Waals surface area contributed by atoms with Crippen LogP contribution in [0, 0.1) is 10.1 Å². The Labute approximate surface area is 99.3 Å². The molecule has 0 aliphatic heterocycles. The zero-order valence-electron chi connectivity index (χ0n) is 9.88. The zero-order valence-corrected chi connectivity index (χ0v) is 9.88. The molecule has 0 amide bonds. The van der Waals surface area contributed by atoms with Gasteiger partial charge < -0.3 is 15.1 Å². The molecule has 0 spiro atoms. The van der Waals surface area contributed by atoms with Crippen LogP contribution in [-0.2, 0) is 6.42 Å². The van der Waals surface area contributed by atoms with Gasteiger partial charge in [-0.25, -0.2) is 0 Å². The van der Waals surface area contributed by atoms with Gasteiger partial charge in [0.25, 0.3) is 5.69 Å². The molecule has 1 rings (SSSR count). The quantitative estimate of drug-likeness (QED) is 0.462. The van der Waals surface area contributed by atoms with Crippen LogP contribution in [0.5, 0.6) is 11.5 Å². The number of rotatable bonds is 5. The van der Waals surface area contributed by atoms with Gasteiger partial charge in [0.05, 0.1) is 11.0 Å². The number of nitro groups is 1. The Morgan fingerprint density at radius 2 is 1.88 bits per heavy atom. The van der Waals surface area contributed by atoms with Crippen LogP contribution < -0.4 is 0 Å². The number of hydrogen-bond donors (Lipinski definition) is 2. The van der Waals surface area contributed by atoms with Crippen molar-refractivity contribution in [3.8, 4) is 11.5 Å². The maximum absolute atomic E-state index is 10.8. The monoisotopic (exact) mass is 240 g/mol. The van der Waals surface area contributed by atoms with Gasteiger partial charge in [-0.1, -0.05) is 0 Å². The number of aryl methyl sites for hydroxylation is 1. The second kappa shape index (κ2) is 5.49. The summed E-state index contributed by atoms with van der Waals surface area (Å²) in [4.78, 5) is 12.2. The standard InChI is InChI=1S/C11H16N2O4/c1-12(2)5-3-4-8-6-10(14)11(15)7-9(8)13(16)17/h6-7,14-15H,3-5H2,1-2H3. The lowest BCUT2D eigenvalue weighted by Gasteiger charge is -2.09. The van der Waals surface area contributed by atoms with E-state index in [9.17, 15) is 20.3 Å². The van der Waals surface area contributed by atoms with Gasteiger partial charge in [0.1, 0.15) is 0 Å². The number of hydrogen-bond acceptors (Lipinski definition) is 5. The summed E-state index contributed by atoms with van der Waals surface area (Å²) in [6.45, 7) is 0.804. The molecule has 0 aromatic heterocycles.